The number of anilines is 2. The Kier molecular flexibility index (Phi) is 7.13. The number of carboxylic acids is 1. The highest BCUT2D eigenvalue weighted by Crippen LogP contribution is 2.37. The fourth-order valence-electron chi connectivity index (χ4n) is 5.34. The number of aryl methyl sites for hydroxylation is 2. The lowest BCUT2D eigenvalue weighted by Crippen LogP contribution is -2.17. The molecular formula is C32H32N2O3. The summed E-state index contributed by atoms with van der Waals surface area (Å²) in [4.78, 5) is 14.8. The van der Waals surface area contributed by atoms with Crippen LogP contribution in [-0.2, 0) is 13.0 Å². The fraction of sp³-hybridized carbons (Fsp3) is 0.219. The average Bonchev–Trinajstić information content (AvgIpc) is 3.26. The van der Waals surface area contributed by atoms with Gasteiger partial charge in [-0.1, -0.05) is 66.7 Å². The van der Waals surface area contributed by atoms with Gasteiger partial charge in [-0.15, -0.1) is 0 Å². The third kappa shape index (κ3) is 4.65. The molecule has 5 aromatic rings. The van der Waals surface area contributed by atoms with Crippen molar-refractivity contribution >= 4 is 39.0 Å². The van der Waals surface area contributed by atoms with Crippen LogP contribution in [0.4, 0.5) is 11.4 Å². The lowest BCUT2D eigenvalue weighted by molar-refractivity contribution is 0.0684. The first-order chi connectivity index (χ1) is 18.1. The van der Waals surface area contributed by atoms with E-state index in [0.29, 0.717) is 31.7 Å². The van der Waals surface area contributed by atoms with Crippen molar-refractivity contribution in [1.82, 2.24) is 4.57 Å². The third-order valence-electron chi connectivity index (χ3n) is 6.94. The van der Waals surface area contributed by atoms with Crippen molar-refractivity contribution in [2.75, 3.05) is 18.1 Å². The standard InChI is InChI=1S/C32H32N2O3/c1-3-33(24-15-6-5-7-16-24)28-20-11-18-26-27(31(32(35)36)34(4-2)30(26)28)19-12-22-37-29-21-10-14-23-13-8-9-17-25(23)29/h5-11,13-18,20-21H,3-4,12,19,22H2,1-2H3,(H,35,36). The van der Waals surface area contributed by atoms with Gasteiger partial charge in [0.05, 0.1) is 17.8 Å². The molecule has 0 aliphatic heterocycles. The van der Waals surface area contributed by atoms with Gasteiger partial charge >= 0.3 is 5.97 Å². The van der Waals surface area contributed by atoms with Gasteiger partial charge in [0, 0.05) is 29.5 Å². The Balaban J connectivity index is 1.48. The molecule has 4 aromatic carbocycles. The fourth-order valence-corrected chi connectivity index (χ4v) is 5.34. The maximum absolute atomic E-state index is 12.5. The van der Waals surface area contributed by atoms with Crippen LogP contribution in [0.3, 0.4) is 0 Å². The molecule has 1 heterocycles. The first-order valence-electron chi connectivity index (χ1n) is 12.9. The topological polar surface area (TPSA) is 54.7 Å². The highest BCUT2D eigenvalue weighted by atomic mass is 16.5. The van der Waals surface area contributed by atoms with Crippen LogP contribution in [0.15, 0.2) is 91.0 Å². The van der Waals surface area contributed by atoms with Crippen molar-refractivity contribution in [3.63, 3.8) is 0 Å². The summed E-state index contributed by atoms with van der Waals surface area (Å²) in [6.45, 7) is 5.99. The minimum absolute atomic E-state index is 0.374. The lowest BCUT2D eigenvalue weighted by atomic mass is 10.0. The maximum Gasteiger partial charge on any atom is 0.352 e. The van der Waals surface area contributed by atoms with Gasteiger partial charge in [0.2, 0.25) is 0 Å². The molecule has 0 atom stereocenters. The zero-order valence-corrected chi connectivity index (χ0v) is 21.4. The second kappa shape index (κ2) is 10.8. The number of hydrogen-bond acceptors (Lipinski definition) is 3. The van der Waals surface area contributed by atoms with Gasteiger partial charge in [-0.25, -0.2) is 4.79 Å². The SMILES string of the molecule is CCN(c1ccccc1)c1cccc2c(CCCOc3cccc4ccccc34)c(C(=O)O)n(CC)c12. The summed E-state index contributed by atoms with van der Waals surface area (Å²) < 4.78 is 8.12. The predicted octanol–water partition coefficient (Wildman–Crippen LogP) is 7.68. The Morgan fingerprint density at radius 1 is 0.865 bits per heavy atom. The van der Waals surface area contributed by atoms with E-state index in [4.69, 9.17) is 4.74 Å². The van der Waals surface area contributed by atoms with Crippen molar-refractivity contribution in [2.45, 2.75) is 33.2 Å². The van der Waals surface area contributed by atoms with E-state index in [-0.39, 0.29) is 0 Å². The van der Waals surface area contributed by atoms with Crippen molar-refractivity contribution in [3.8, 4) is 5.75 Å². The Morgan fingerprint density at radius 2 is 1.57 bits per heavy atom. The predicted molar refractivity (Wildman–Crippen MR) is 151 cm³/mol. The van der Waals surface area contributed by atoms with E-state index >= 15 is 0 Å². The number of fused-ring (bicyclic) bond motifs is 2. The molecule has 37 heavy (non-hydrogen) atoms. The molecule has 1 N–H and O–H groups in total. The molecule has 5 heteroatoms. The zero-order valence-electron chi connectivity index (χ0n) is 21.4. The lowest BCUT2D eigenvalue weighted by Gasteiger charge is -2.25. The Morgan fingerprint density at radius 3 is 2.32 bits per heavy atom. The molecular weight excluding hydrogens is 460 g/mol. The van der Waals surface area contributed by atoms with Crippen LogP contribution in [-0.4, -0.2) is 28.8 Å². The molecule has 0 spiro atoms. The van der Waals surface area contributed by atoms with Crippen LogP contribution >= 0.6 is 0 Å². The first-order valence-corrected chi connectivity index (χ1v) is 12.9. The normalized spacial score (nSPS) is 11.2. The van der Waals surface area contributed by atoms with Gasteiger partial charge in [-0.05, 0) is 61.9 Å². The van der Waals surface area contributed by atoms with E-state index < -0.39 is 5.97 Å². The summed E-state index contributed by atoms with van der Waals surface area (Å²) in [6.07, 6.45) is 1.34. The zero-order chi connectivity index (χ0) is 25.8. The minimum atomic E-state index is -0.892. The van der Waals surface area contributed by atoms with E-state index in [2.05, 4.69) is 54.3 Å². The van der Waals surface area contributed by atoms with Crippen molar-refractivity contribution in [3.05, 3.63) is 102 Å². The number of carboxylic acid groups (broad SMARTS) is 1. The van der Waals surface area contributed by atoms with E-state index in [1.54, 1.807) is 0 Å². The van der Waals surface area contributed by atoms with Gasteiger partial charge in [0.15, 0.2) is 0 Å². The summed E-state index contributed by atoms with van der Waals surface area (Å²) >= 11 is 0. The summed E-state index contributed by atoms with van der Waals surface area (Å²) in [5, 5.41) is 13.5. The van der Waals surface area contributed by atoms with Crippen LogP contribution in [0, 0.1) is 0 Å². The van der Waals surface area contributed by atoms with Crippen LogP contribution in [0.5, 0.6) is 5.75 Å². The van der Waals surface area contributed by atoms with E-state index in [1.807, 2.05) is 60.0 Å². The number of aromatic nitrogens is 1. The monoisotopic (exact) mass is 492 g/mol. The summed E-state index contributed by atoms with van der Waals surface area (Å²) in [5.41, 5.74) is 4.33. The average molecular weight is 493 g/mol. The summed E-state index contributed by atoms with van der Waals surface area (Å²) in [6, 6.07) is 30.7. The molecule has 1 aromatic heterocycles. The number of ether oxygens (including phenoxy) is 1. The van der Waals surface area contributed by atoms with E-state index in [0.717, 1.165) is 50.9 Å². The molecule has 0 radical (unpaired) electrons. The number of rotatable bonds is 10. The molecule has 0 bridgehead atoms. The van der Waals surface area contributed by atoms with Gasteiger partial charge < -0.3 is 19.3 Å². The van der Waals surface area contributed by atoms with E-state index in [1.165, 1.54) is 0 Å². The molecule has 5 rings (SSSR count). The molecule has 0 fully saturated rings. The molecule has 0 amide bonds. The van der Waals surface area contributed by atoms with Crippen LogP contribution in [0.2, 0.25) is 0 Å². The number of aromatic carboxylic acids is 1. The number of hydrogen-bond donors (Lipinski definition) is 1. The van der Waals surface area contributed by atoms with Gasteiger partial charge in [0.25, 0.3) is 0 Å². The Bertz CT molecular complexity index is 1530. The smallest absolute Gasteiger partial charge is 0.352 e. The summed E-state index contributed by atoms with van der Waals surface area (Å²) in [7, 11) is 0. The van der Waals surface area contributed by atoms with Crippen LogP contribution < -0.4 is 9.64 Å². The van der Waals surface area contributed by atoms with Crippen molar-refractivity contribution in [1.29, 1.82) is 0 Å². The van der Waals surface area contributed by atoms with Crippen LogP contribution in [0.1, 0.15) is 36.3 Å². The van der Waals surface area contributed by atoms with Crippen molar-refractivity contribution in [2.24, 2.45) is 0 Å². The second-order valence-corrected chi connectivity index (χ2v) is 9.06. The quantitative estimate of drug-likeness (QED) is 0.203. The maximum atomic E-state index is 12.5. The molecule has 0 saturated carbocycles. The van der Waals surface area contributed by atoms with Gasteiger partial charge in [-0.2, -0.15) is 0 Å². The molecule has 5 nitrogen and oxygen atoms in total. The third-order valence-corrected chi connectivity index (χ3v) is 6.94. The Hall–Kier alpha value is -4.25. The number of carbonyl (C=O) groups is 1. The van der Waals surface area contributed by atoms with Crippen LogP contribution in [0.25, 0.3) is 21.7 Å². The van der Waals surface area contributed by atoms with Gasteiger partial charge in [-0.3, -0.25) is 0 Å². The summed E-state index contributed by atoms with van der Waals surface area (Å²) in [5.74, 6) is -0.0342. The molecule has 0 unspecified atom stereocenters. The minimum Gasteiger partial charge on any atom is -0.493 e. The van der Waals surface area contributed by atoms with Crippen molar-refractivity contribution < 1.29 is 14.6 Å². The largest absolute Gasteiger partial charge is 0.493 e. The highest BCUT2D eigenvalue weighted by molar-refractivity contribution is 6.03. The highest BCUT2D eigenvalue weighted by Gasteiger charge is 2.25. The first kappa shape index (κ1) is 24.4. The number of nitrogens with zero attached hydrogens (tertiary/aromatic N) is 2. The van der Waals surface area contributed by atoms with E-state index in [9.17, 15) is 9.90 Å². The second-order valence-electron chi connectivity index (χ2n) is 9.06. The molecule has 188 valence electrons. The number of para-hydroxylation sites is 2. The Labute approximate surface area is 217 Å². The molecule has 0 saturated heterocycles. The molecule has 0 aliphatic rings. The number of benzene rings is 4. The van der Waals surface area contributed by atoms with Gasteiger partial charge in [0.1, 0.15) is 11.4 Å². The molecule has 0 aliphatic carbocycles.